The van der Waals surface area contributed by atoms with Crippen LogP contribution in [0.1, 0.15) is 11.1 Å². The highest BCUT2D eigenvalue weighted by Gasteiger charge is 2.21. The third kappa shape index (κ3) is 5.47. The van der Waals surface area contributed by atoms with Gasteiger partial charge in [0.05, 0.1) is 7.11 Å². The maximum atomic E-state index is 12.0. The van der Waals surface area contributed by atoms with Crippen LogP contribution in [0.4, 0.5) is 4.79 Å². The van der Waals surface area contributed by atoms with Gasteiger partial charge in [-0.3, -0.25) is 0 Å². The molecule has 0 aliphatic rings. The van der Waals surface area contributed by atoms with E-state index in [1.54, 1.807) is 0 Å². The minimum atomic E-state index is -0.724. The van der Waals surface area contributed by atoms with Gasteiger partial charge in [0.25, 0.3) is 0 Å². The Morgan fingerprint density at radius 2 is 1.52 bits per heavy atom. The lowest BCUT2D eigenvalue weighted by Gasteiger charge is -2.17. The van der Waals surface area contributed by atoms with E-state index < -0.39 is 18.0 Å². The number of ether oxygens (including phenoxy) is 1. The molecule has 0 aromatic heterocycles. The Morgan fingerprint density at radius 1 is 0.957 bits per heavy atom. The van der Waals surface area contributed by atoms with Gasteiger partial charge >= 0.3 is 12.0 Å². The fourth-order valence-electron chi connectivity index (χ4n) is 2.17. The van der Waals surface area contributed by atoms with Crippen LogP contribution < -0.4 is 10.6 Å². The standard InChI is InChI=1S/C18H20N2O3/c1-23-17(21)16(12-14-8-4-2-5-9-14)20-18(22)19-13-15-10-6-3-7-11-15/h2-11,16H,12-13H2,1H3,(H2,19,20,22). The number of nitrogens with one attached hydrogen (secondary N) is 2. The van der Waals surface area contributed by atoms with Crippen molar-refractivity contribution in [2.75, 3.05) is 7.11 Å². The Labute approximate surface area is 135 Å². The van der Waals surface area contributed by atoms with Crippen molar-refractivity contribution in [2.45, 2.75) is 19.0 Å². The van der Waals surface area contributed by atoms with Gasteiger partial charge in [-0.25, -0.2) is 9.59 Å². The van der Waals surface area contributed by atoms with Crippen LogP contribution in [0.5, 0.6) is 0 Å². The molecular weight excluding hydrogens is 292 g/mol. The molecule has 120 valence electrons. The number of carbonyl (C=O) groups is 2. The van der Waals surface area contributed by atoms with E-state index in [0.717, 1.165) is 11.1 Å². The van der Waals surface area contributed by atoms with Gasteiger partial charge in [-0.1, -0.05) is 60.7 Å². The number of esters is 1. The largest absolute Gasteiger partial charge is 0.467 e. The first-order valence-electron chi connectivity index (χ1n) is 7.39. The first-order chi connectivity index (χ1) is 11.2. The Morgan fingerprint density at radius 3 is 2.09 bits per heavy atom. The molecule has 0 aliphatic carbocycles. The quantitative estimate of drug-likeness (QED) is 0.804. The zero-order valence-corrected chi connectivity index (χ0v) is 13.0. The number of carbonyl (C=O) groups excluding carboxylic acids is 2. The van der Waals surface area contributed by atoms with E-state index in [4.69, 9.17) is 4.74 Å². The lowest BCUT2D eigenvalue weighted by Crippen LogP contribution is -2.47. The number of rotatable bonds is 6. The highest BCUT2D eigenvalue weighted by molar-refractivity contribution is 5.83. The summed E-state index contributed by atoms with van der Waals surface area (Å²) in [6, 6.07) is 17.9. The summed E-state index contributed by atoms with van der Waals surface area (Å²) < 4.78 is 4.77. The van der Waals surface area contributed by atoms with E-state index >= 15 is 0 Å². The second kappa shape index (κ2) is 8.58. The molecule has 23 heavy (non-hydrogen) atoms. The van der Waals surface area contributed by atoms with Crippen molar-refractivity contribution in [1.29, 1.82) is 0 Å². The molecule has 1 atom stereocenters. The topological polar surface area (TPSA) is 67.4 Å². The molecule has 0 heterocycles. The summed E-state index contributed by atoms with van der Waals surface area (Å²) in [6.07, 6.45) is 0.381. The maximum Gasteiger partial charge on any atom is 0.328 e. The molecule has 0 radical (unpaired) electrons. The summed E-state index contributed by atoms with van der Waals surface area (Å²) >= 11 is 0. The lowest BCUT2D eigenvalue weighted by atomic mass is 10.1. The predicted octanol–water partition coefficient (Wildman–Crippen LogP) is 2.27. The highest BCUT2D eigenvalue weighted by atomic mass is 16.5. The van der Waals surface area contributed by atoms with Gasteiger partial charge in [-0.15, -0.1) is 0 Å². The summed E-state index contributed by atoms with van der Waals surface area (Å²) in [4.78, 5) is 23.9. The molecule has 2 amide bonds. The van der Waals surface area contributed by atoms with E-state index in [9.17, 15) is 9.59 Å². The molecule has 0 fully saturated rings. The van der Waals surface area contributed by atoms with Gasteiger partial charge in [-0.2, -0.15) is 0 Å². The lowest BCUT2D eigenvalue weighted by molar-refractivity contribution is -0.142. The number of amides is 2. The van der Waals surface area contributed by atoms with Crippen LogP contribution in [0.15, 0.2) is 60.7 Å². The van der Waals surface area contributed by atoms with Crippen molar-refractivity contribution in [2.24, 2.45) is 0 Å². The molecule has 2 N–H and O–H groups in total. The second-order valence-corrected chi connectivity index (χ2v) is 5.08. The average molecular weight is 312 g/mol. The Balaban J connectivity index is 1.91. The molecule has 2 aromatic carbocycles. The fourth-order valence-corrected chi connectivity index (χ4v) is 2.17. The van der Waals surface area contributed by atoms with E-state index in [-0.39, 0.29) is 0 Å². The van der Waals surface area contributed by atoms with Crippen LogP contribution in [0.2, 0.25) is 0 Å². The Bertz CT molecular complexity index is 629. The fraction of sp³-hybridized carbons (Fsp3) is 0.222. The number of urea groups is 1. The Hall–Kier alpha value is -2.82. The molecule has 0 saturated carbocycles. The van der Waals surface area contributed by atoms with Crippen LogP contribution in [0, 0.1) is 0 Å². The van der Waals surface area contributed by atoms with Crippen LogP contribution in [0.25, 0.3) is 0 Å². The van der Waals surface area contributed by atoms with Crippen LogP contribution in [-0.4, -0.2) is 25.2 Å². The van der Waals surface area contributed by atoms with Gasteiger partial charge in [0, 0.05) is 13.0 Å². The molecule has 2 rings (SSSR count). The summed E-state index contributed by atoms with van der Waals surface area (Å²) in [6.45, 7) is 0.395. The van der Waals surface area contributed by atoms with Gasteiger partial charge in [-0.05, 0) is 11.1 Å². The maximum absolute atomic E-state index is 12.0. The first-order valence-corrected chi connectivity index (χ1v) is 7.39. The first kappa shape index (κ1) is 16.5. The summed E-state index contributed by atoms with van der Waals surface area (Å²) in [7, 11) is 1.31. The van der Waals surface area contributed by atoms with Crippen molar-refractivity contribution in [1.82, 2.24) is 10.6 Å². The number of methoxy groups -OCH3 is 1. The van der Waals surface area contributed by atoms with E-state index in [1.807, 2.05) is 60.7 Å². The van der Waals surface area contributed by atoms with Gasteiger partial charge < -0.3 is 15.4 Å². The second-order valence-electron chi connectivity index (χ2n) is 5.08. The van der Waals surface area contributed by atoms with E-state index in [0.29, 0.717) is 13.0 Å². The molecular formula is C18H20N2O3. The van der Waals surface area contributed by atoms with Crippen LogP contribution in [0.3, 0.4) is 0 Å². The number of benzene rings is 2. The minimum Gasteiger partial charge on any atom is -0.467 e. The number of hydrogen-bond donors (Lipinski definition) is 2. The zero-order valence-electron chi connectivity index (χ0n) is 13.0. The van der Waals surface area contributed by atoms with Crippen molar-refractivity contribution in [3.63, 3.8) is 0 Å². The molecule has 0 spiro atoms. The number of hydrogen-bond acceptors (Lipinski definition) is 3. The van der Waals surface area contributed by atoms with E-state index in [1.165, 1.54) is 7.11 Å². The molecule has 5 heteroatoms. The molecule has 2 aromatic rings. The van der Waals surface area contributed by atoms with E-state index in [2.05, 4.69) is 10.6 Å². The zero-order chi connectivity index (χ0) is 16.5. The van der Waals surface area contributed by atoms with Gasteiger partial charge in [0.15, 0.2) is 0 Å². The molecule has 1 unspecified atom stereocenters. The summed E-state index contributed by atoms with van der Waals surface area (Å²) in [5, 5.41) is 5.40. The molecule has 0 saturated heterocycles. The third-order valence-electron chi connectivity index (χ3n) is 3.37. The van der Waals surface area contributed by atoms with Crippen molar-refractivity contribution in [3.8, 4) is 0 Å². The minimum absolute atomic E-state index is 0.381. The normalized spacial score (nSPS) is 11.3. The highest BCUT2D eigenvalue weighted by Crippen LogP contribution is 2.05. The smallest absolute Gasteiger partial charge is 0.328 e. The van der Waals surface area contributed by atoms with Gasteiger partial charge in [0.1, 0.15) is 6.04 Å². The summed E-state index contributed by atoms with van der Waals surface area (Å²) in [5.74, 6) is -0.469. The third-order valence-corrected chi connectivity index (χ3v) is 3.37. The van der Waals surface area contributed by atoms with Crippen molar-refractivity contribution < 1.29 is 14.3 Å². The van der Waals surface area contributed by atoms with Crippen LogP contribution >= 0.6 is 0 Å². The predicted molar refractivity (Wildman–Crippen MR) is 87.8 cm³/mol. The van der Waals surface area contributed by atoms with Crippen molar-refractivity contribution >= 4 is 12.0 Å². The molecule has 0 aliphatic heterocycles. The molecule has 0 bridgehead atoms. The molecule has 5 nitrogen and oxygen atoms in total. The monoisotopic (exact) mass is 312 g/mol. The summed E-state index contributed by atoms with van der Waals surface area (Å²) in [5.41, 5.74) is 1.94. The van der Waals surface area contributed by atoms with Crippen LogP contribution in [-0.2, 0) is 22.5 Å². The van der Waals surface area contributed by atoms with Crippen molar-refractivity contribution in [3.05, 3.63) is 71.8 Å². The SMILES string of the molecule is COC(=O)C(Cc1ccccc1)NC(=O)NCc1ccccc1. The Kier molecular flexibility index (Phi) is 6.17. The average Bonchev–Trinajstić information content (AvgIpc) is 2.60. The van der Waals surface area contributed by atoms with Gasteiger partial charge in [0.2, 0.25) is 0 Å².